The van der Waals surface area contributed by atoms with E-state index in [9.17, 15) is 4.79 Å². The molecule has 0 amide bonds. The lowest BCUT2D eigenvalue weighted by molar-refractivity contribution is -0.107. The van der Waals surface area contributed by atoms with Crippen LogP contribution in [0.3, 0.4) is 0 Å². The zero-order valence-electron chi connectivity index (χ0n) is 18.5. The van der Waals surface area contributed by atoms with Gasteiger partial charge >= 0.3 is 0 Å². The summed E-state index contributed by atoms with van der Waals surface area (Å²) in [5.41, 5.74) is 5.90. The summed E-state index contributed by atoms with van der Waals surface area (Å²) in [6.07, 6.45) is 11.4. The van der Waals surface area contributed by atoms with Crippen molar-refractivity contribution in [2.24, 2.45) is 5.92 Å². The average Bonchev–Trinajstić information content (AvgIpc) is 2.73. The highest BCUT2D eigenvalue weighted by atomic mass is 16.5. The fourth-order valence-corrected chi connectivity index (χ4v) is 3.47. The number of unbranched alkanes of at least 4 members (excludes halogenated alkanes) is 1. The van der Waals surface area contributed by atoms with Gasteiger partial charge in [0.2, 0.25) is 0 Å². The molecular weight excluding hydrogens is 356 g/mol. The molecule has 0 fully saturated rings. The van der Waals surface area contributed by atoms with E-state index in [0.717, 1.165) is 42.6 Å². The summed E-state index contributed by atoms with van der Waals surface area (Å²) < 4.78 is 6.25. The molecule has 1 atom stereocenters. The fraction of sp³-hybridized carbons (Fsp3) is 0.444. The van der Waals surface area contributed by atoms with Crippen LogP contribution >= 0.6 is 0 Å². The van der Waals surface area contributed by atoms with Crippen LogP contribution in [0.15, 0.2) is 36.4 Å². The van der Waals surface area contributed by atoms with Crippen molar-refractivity contribution in [3.63, 3.8) is 0 Å². The number of ether oxygens (including phenoxy) is 1. The molecule has 0 aliphatic carbocycles. The van der Waals surface area contributed by atoms with Crippen molar-refractivity contribution >= 4 is 18.4 Å². The highest BCUT2D eigenvalue weighted by Crippen LogP contribution is 2.27. The van der Waals surface area contributed by atoms with Crippen LogP contribution < -0.4 is 4.74 Å². The van der Waals surface area contributed by atoms with E-state index >= 15 is 0 Å². The minimum atomic E-state index is 0.542. The van der Waals surface area contributed by atoms with Gasteiger partial charge in [0.05, 0.1) is 6.61 Å². The lowest BCUT2D eigenvalue weighted by Crippen LogP contribution is -2.12. The van der Waals surface area contributed by atoms with Crippen molar-refractivity contribution < 1.29 is 9.53 Å². The summed E-state index contributed by atoms with van der Waals surface area (Å²) in [4.78, 5) is 10.9. The molecule has 2 nitrogen and oxygen atoms in total. The lowest BCUT2D eigenvalue weighted by Gasteiger charge is -2.18. The van der Waals surface area contributed by atoms with Gasteiger partial charge in [0, 0.05) is 6.42 Å². The number of rotatable bonds is 12. The van der Waals surface area contributed by atoms with Gasteiger partial charge in [0.25, 0.3) is 0 Å². The van der Waals surface area contributed by atoms with E-state index in [-0.39, 0.29) is 0 Å². The largest absolute Gasteiger partial charge is 0.493 e. The molecule has 156 valence electrons. The van der Waals surface area contributed by atoms with E-state index in [1.807, 2.05) is 0 Å². The van der Waals surface area contributed by atoms with Gasteiger partial charge in [-0.2, -0.15) is 0 Å². The lowest BCUT2D eigenvalue weighted by atomic mass is 9.98. The summed E-state index contributed by atoms with van der Waals surface area (Å²) in [5.74, 6) is 1.56. The molecule has 0 radical (unpaired) electrons. The molecule has 0 aliphatic heterocycles. The van der Waals surface area contributed by atoms with Gasteiger partial charge in [-0.3, -0.25) is 0 Å². The van der Waals surface area contributed by atoms with Crippen LogP contribution in [0.25, 0.3) is 12.2 Å². The Morgan fingerprint density at radius 1 is 1.03 bits per heavy atom. The van der Waals surface area contributed by atoms with Crippen molar-refractivity contribution in [1.82, 2.24) is 0 Å². The zero-order valence-corrected chi connectivity index (χ0v) is 18.5. The second-order valence-corrected chi connectivity index (χ2v) is 7.99. The molecule has 0 heterocycles. The number of hydrogen-bond donors (Lipinski definition) is 0. The smallest absolute Gasteiger partial charge is 0.122 e. The summed E-state index contributed by atoms with van der Waals surface area (Å²) in [6.45, 7) is 9.45. The molecule has 2 aromatic carbocycles. The molecule has 0 N–H and O–H groups in total. The molecule has 2 rings (SSSR count). The van der Waals surface area contributed by atoms with Crippen LogP contribution in [0.4, 0.5) is 0 Å². The van der Waals surface area contributed by atoms with E-state index in [2.05, 4.69) is 76.2 Å². The quantitative estimate of drug-likeness (QED) is 0.282. The molecule has 0 aromatic heterocycles. The number of carbonyl (C=O) groups is 1. The molecule has 0 spiro atoms. The minimum Gasteiger partial charge on any atom is -0.493 e. The van der Waals surface area contributed by atoms with E-state index in [1.165, 1.54) is 36.0 Å². The number of hydrogen-bond acceptors (Lipinski definition) is 2. The summed E-state index contributed by atoms with van der Waals surface area (Å²) in [5, 5.41) is 0. The summed E-state index contributed by atoms with van der Waals surface area (Å²) in [6, 6.07) is 12.8. The fourth-order valence-electron chi connectivity index (χ4n) is 3.47. The average molecular weight is 393 g/mol. The highest BCUT2D eigenvalue weighted by molar-refractivity contribution is 5.72. The first kappa shape index (κ1) is 22.9. The Balaban J connectivity index is 2.22. The Morgan fingerprint density at radius 2 is 1.79 bits per heavy atom. The number of benzene rings is 2. The van der Waals surface area contributed by atoms with Gasteiger partial charge in [0.1, 0.15) is 12.0 Å². The van der Waals surface area contributed by atoms with Gasteiger partial charge in [-0.05, 0) is 60.9 Å². The van der Waals surface area contributed by atoms with Crippen molar-refractivity contribution in [1.29, 1.82) is 0 Å². The Morgan fingerprint density at radius 3 is 2.45 bits per heavy atom. The zero-order chi connectivity index (χ0) is 21.1. The monoisotopic (exact) mass is 392 g/mol. The SMILES string of the molecule is CCCCC(CC)COc1cc(/C=C/c2ccc(C)cc2)c(CCC=O)cc1C. The summed E-state index contributed by atoms with van der Waals surface area (Å²) >= 11 is 0. The first-order valence-corrected chi connectivity index (χ1v) is 11.0. The normalized spacial score (nSPS) is 12.3. The Kier molecular flexibility index (Phi) is 9.70. The van der Waals surface area contributed by atoms with E-state index in [1.54, 1.807) is 0 Å². The highest BCUT2D eigenvalue weighted by Gasteiger charge is 2.11. The Bertz CT molecular complexity index is 787. The van der Waals surface area contributed by atoms with Gasteiger partial charge < -0.3 is 9.53 Å². The molecule has 0 aliphatic rings. The number of aryl methyl sites for hydroxylation is 3. The molecule has 2 heteroatoms. The molecule has 1 unspecified atom stereocenters. The minimum absolute atomic E-state index is 0.542. The molecule has 29 heavy (non-hydrogen) atoms. The van der Waals surface area contributed by atoms with Gasteiger partial charge in [-0.15, -0.1) is 0 Å². The van der Waals surface area contributed by atoms with Crippen molar-refractivity contribution in [2.75, 3.05) is 6.61 Å². The molecular formula is C27H36O2. The predicted octanol–water partition coefficient (Wildman–Crippen LogP) is 7.20. The maximum atomic E-state index is 10.9. The first-order chi connectivity index (χ1) is 14.1. The van der Waals surface area contributed by atoms with Crippen molar-refractivity contribution in [3.8, 4) is 5.75 Å². The summed E-state index contributed by atoms with van der Waals surface area (Å²) in [7, 11) is 0. The molecule has 0 bridgehead atoms. The van der Waals surface area contributed by atoms with E-state index < -0.39 is 0 Å². The molecule has 0 saturated carbocycles. The standard InChI is InChI=1S/C27H36O2/c1-5-7-9-23(6-2)20-29-27-19-26(25(10-8-17-28)18-22(27)4)16-15-24-13-11-21(3)12-14-24/h11-19,23H,5-10,20H2,1-4H3/b16-15+. The van der Waals surface area contributed by atoms with Crippen LogP contribution in [0.1, 0.15) is 73.8 Å². The van der Waals surface area contributed by atoms with Gasteiger partial charge in [0.15, 0.2) is 0 Å². The Labute approximate surface area is 177 Å². The van der Waals surface area contributed by atoms with Crippen LogP contribution in [-0.4, -0.2) is 12.9 Å². The van der Waals surface area contributed by atoms with Gasteiger partial charge in [-0.25, -0.2) is 0 Å². The molecule has 0 saturated heterocycles. The van der Waals surface area contributed by atoms with Crippen LogP contribution in [0.2, 0.25) is 0 Å². The maximum Gasteiger partial charge on any atom is 0.122 e. The topological polar surface area (TPSA) is 26.3 Å². The van der Waals surface area contributed by atoms with Crippen molar-refractivity contribution in [3.05, 3.63) is 64.2 Å². The third kappa shape index (κ3) is 7.53. The first-order valence-electron chi connectivity index (χ1n) is 11.0. The maximum absolute atomic E-state index is 10.9. The van der Waals surface area contributed by atoms with E-state index in [4.69, 9.17) is 4.74 Å². The van der Waals surface area contributed by atoms with Crippen LogP contribution in [0.5, 0.6) is 5.75 Å². The van der Waals surface area contributed by atoms with Crippen LogP contribution in [0, 0.1) is 19.8 Å². The van der Waals surface area contributed by atoms with Gasteiger partial charge in [-0.1, -0.05) is 81.2 Å². The predicted molar refractivity (Wildman–Crippen MR) is 124 cm³/mol. The third-order valence-corrected chi connectivity index (χ3v) is 5.52. The second kappa shape index (κ2) is 12.3. The molecule has 2 aromatic rings. The number of aldehydes is 1. The number of carbonyl (C=O) groups excluding carboxylic acids is 1. The second-order valence-electron chi connectivity index (χ2n) is 7.99. The van der Waals surface area contributed by atoms with Crippen molar-refractivity contribution in [2.45, 2.75) is 66.2 Å². The Hall–Kier alpha value is -2.35. The van der Waals surface area contributed by atoms with E-state index in [0.29, 0.717) is 12.3 Å². The van der Waals surface area contributed by atoms with Crippen LogP contribution in [-0.2, 0) is 11.2 Å². The third-order valence-electron chi connectivity index (χ3n) is 5.52.